The Hall–Kier alpha value is -1.65. The molecule has 5 nitrogen and oxygen atoms in total. The number of carboxylic acid groups (broad SMARTS) is 1. The molecule has 0 amide bonds. The number of anilines is 1. The zero-order valence-electron chi connectivity index (χ0n) is 10.7. The van der Waals surface area contributed by atoms with E-state index in [1.165, 1.54) is 6.07 Å². The molecule has 0 spiro atoms. The van der Waals surface area contributed by atoms with Crippen molar-refractivity contribution in [3.63, 3.8) is 0 Å². The number of aromatic carboxylic acids is 1. The van der Waals surface area contributed by atoms with Crippen LogP contribution >= 0.6 is 0 Å². The highest BCUT2D eigenvalue weighted by Gasteiger charge is 2.14. The second-order valence-electron chi connectivity index (χ2n) is 4.67. The van der Waals surface area contributed by atoms with Crippen LogP contribution in [0.25, 0.3) is 0 Å². The molecule has 1 N–H and O–H groups in total. The number of carbonyl (C=O) groups is 1. The van der Waals surface area contributed by atoms with Crippen molar-refractivity contribution in [2.24, 2.45) is 5.92 Å². The molecule has 1 aromatic rings. The van der Waals surface area contributed by atoms with E-state index in [0.717, 1.165) is 6.42 Å². The van der Waals surface area contributed by atoms with Crippen molar-refractivity contribution >= 4 is 11.8 Å². The van der Waals surface area contributed by atoms with E-state index in [0.29, 0.717) is 17.8 Å². The first kappa shape index (κ1) is 13.4. The minimum Gasteiger partial charge on any atom is -0.476 e. The largest absolute Gasteiger partial charge is 0.476 e. The molecule has 0 saturated heterocycles. The highest BCUT2D eigenvalue weighted by molar-refractivity contribution is 5.85. The lowest BCUT2D eigenvalue weighted by Crippen LogP contribution is -2.31. The average molecular weight is 237 g/mol. The molecule has 0 fully saturated rings. The van der Waals surface area contributed by atoms with E-state index in [-0.39, 0.29) is 5.69 Å². The maximum Gasteiger partial charge on any atom is 0.356 e. The first-order valence-corrected chi connectivity index (χ1v) is 5.71. The molecule has 1 aromatic heterocycles. The lowest BCUT2D eigenvalue weighted by molar-refractivity contribution is 0.0689. The van der Waals surface area contributed by atoms with Gasteiger partial charge in [-0.15, -0.1) is 10.2 Å². The maximum atomic E-state index is 10.6. The molecular weight excluding hydrogens is 218 g/mol. The van der Waals surface area contributed by atoms with E-state index in [9.17, 15) is 4.79 Å². The molecule has 0 aromatic carbocycles. The van der Waals surface area contributed by atoms with E-state index in [2.05, 4.69) is 31.0 Å². The summed E-state index contributed by atoms with van der Waals surface area (Å²) in [6.45, 7) is 6.46. The third-order valence-corrected chi connectivity index (χ3v) is 2.70. The van der Waals surface area contributed by atoms with Crippen molar-refractivity contribution in [1.82, 2.24) is 10.2 Å². The highest BCUT2D eigenvalue weighted by atomic mass is 16.4. The monoisotopic (exact) mass is 237 g/mol. The molecule has 17 heavy (non-hydrogen) atoms. The zero-order chi connectivity index (χ0) is 13.0. The third kappa shape index (κ3) is 3.69. The van der Waals surface area contributed by atoms with Crippen molar-refractivity contribution in [2.45, 2.75) is 33.2 Å². The minimum absolute atomic E-state index is 0.0290. The van der Waals surface area contributed by atoms with E-state index in [4.69, 9.17) is 5.11 Å². The number of aromatic nitrogens is 2. The van der Waals surface area contributed by atoms with Gasteiger partial charge in [0.15, 0.2) is 11.5 Å². The molecule has 0 aliphatic heterocycles. The van der Waals surface area contributed by atoms with Gasteiger partial charge in [0.25, 0.3) is 0 Å². The van der Waals surface area contributed by atoms with Gasteiger partial charge in [-0.1, -0.05) is 13.8 Å². The molecule has 94 valence electrons. The molecule has 1 rings (SSSR count). The molecule has 0 radical (unpaired) electrons. The van der Waals surface area contributed by atoms with Crippen LogP contribution in [-0.2, 0) is 0 Å². The van der Waals surface area contributed by atoms with Crippen molar-refractivity contribution < 1.29 is 9.90 Å². The first-order valence-electron chi connectivity index (χ1n) is 5.71. The van der Waals surface area contributed by atoms with Crippen LogP contribution in [0.1, 0.15) is 37.7 Å². The minimum atomic E-state index is -1.05. The smallest absolute Gasteiger partial charge is 0.356 e. The summed E-state index contributed by atoms with van der Waals surface area (Å²) in [5.74, 6) is 0.254. The fourth-order valence-electron chi connectivity index (χ4n) is 1.69. The predicted octanol–water partition coefficient (Wildman–Crippen LogP) is 2.05. The summed E-state index contributed by atoms with van der Waals surface area (Å²) in [7, 11) is 1.94. The van der Waals surface area contributed by atoms with Crippen LogP contribution in [0.15, 0.2) is 12.1 Å². The van der Waals surface area contributed by atoms with Crippen LogP contribution in [0, 0.1) is 5.92 Å². The summed E-state index contributed by atoms with van der Waals surface area (Å²) in [6, 6.07) is 3.51. The second kappa shape index (κ2) is 5.61. The lowest BCUT2D eigenvalue weighted by Gasteiger charge is -2.26. The lowest BCUT2D eigenvalue weighted by atomic mass is 10.0. The number of nitrogens with zero attached hydrogens (tertiary/aromatic N) is 3. The second-order valence-corrected chi connectivity index (χ2v) is 4.67. The molecule has 5 heteroatoms. The van der Waals surface area contributed by atoms with E-state index in [1.54, 1.807) is 6.07 Å². The highest BCUT2D eigenvalue weighted by Crippen LogP contribution is 2.16. The van der Waals surface area contributed by atoms with Gasteiger partial charge in [-0.05, 0) is 31.4 Å². The van der Waals surface area contributed by atoms with Crippen molar-refractivity contribution in [2.75, 3.05) is 11.9 Å². The van der Waals surface area contributed by atoms with Crippen LogP contribution in [0.3, 0.4) is 0 Å². The summed E-state index contributed by atoms with van der Waals surface area (Å²) >= 11 is 0. The Kier molecular flexibility index (Phi) is 4.43. The Balaban J connectivity index is 2.75. The predicted molar refractivity (Wildman–Crippen MR) is 66.3 cm³/mol. The molecule has 1 heterocycles. The standard InChI is InChI=1S/C12H19N3O2/c1-8(2)7-9(3)15(4)11-6-5-10(12(16)17)13-14-11/h5-6,8-9H,7H2,1-4H3,(H,16,17). The normalized spacial score (nSPS) is 12.5. The van der Waals surface area contributed by atoms with Gasteiger partial charge in [0, 0.05) is 13.1 Å². The van der Waals surface area contributed by atoms with Crippen LogP contribution < -0.4 is 4.90 Å². The van der Waals surface area contributed by atoms with Gasteiger partial charge in [0.2, 0.25) is 0 Å². The fourth-order valence-corrected chi connectivity index (χ4v) is 1.69. The quantitative estimate of drug-likeness (QED) is 0.849. The Morgan fingerprint density at radius 1 is 1.35 bits per heavy atom. The number of hydrogen-bond acceptors (Lipinski definition) is 4. The summed E-state index contributed by atoms with van der Waals surface area (Å²) in [6.07, 6.45) is 1.05. The van der Waals surface area contributed by atoms with Gasteiger partial charge in [0.05, 0.1) is 0 Å². The molecule has 0 bridgehead atoms. The SMILES string of the molecule is CC(C)CC(C)N(C)c1ccc(C(=O)O)nn1. The number of rotatable bonds is 5. The van der Waals surface area contributed by atoms with Crippen molar-refractivity contribution in [3.8, 4) is 0 Å². The topological polar surface area (TPSA) is 66.3 Å². The van der Waals surface area contributed by atoms with Crippen LogP contribution in [0.2, 0.25) is 0 Å². The van der Waals surface area contributed by atoms with Gasteiger partial charge in [-0.3, -0.25) is 0 Å². The van der Waals surface area contributed by atoms with E-state index < -0.39 is 5.97 Å². The van der Waals surface area contributed by atoms with Crippen LogP contribution in [0.4, 0.5) is 5.82 Å². The van der Waals surface area contributed by atoms with Gasteiger partial charge < -0.3 is 10.0 Å². The summed E-state index contributed by atoms with van der Waals surface area (Å²) < 4.78 is 0. The van der Waals surface area contributed by atoms with Crippen LogP contribution in [-0.4, -0.2) is 34.4 Å². The van der Waals surface area contributed by atoms with E-state index in [1.807, 2.05) is 11.9 Å². The van der Waals surface area contributed by atoms with Gasteiger partial charge in [-0.25, -0.2) is 4.79 Å². The molecular formula is C12H19N3O2. The van der Waals surface area contributed by atoms with Gasteiger partial charge >= 0.3 is 5.97 Å². The Morgan fingerprint density at radius 2 is 2.00 bits per heavy atom. The first-order chi connectivity index (χ1) is 7.91. The molecule has 1 atom stereocenters. The van der Waals surface area contributed by atoms with E-state index >= 15 is 0 Å². The fraction of sp³-hybridized carbons (Fsp3) is 0.583. The zero-order valence-corrected chi connectivity index (χ0v) is 10.7. The molecule has 1 unspecified atom stereocenters. The van der Waals surface area contributed by atoms with Gasteiger partial charge in [-0.2, -0.15) is 0 Å². The molecule has 0 saturated carbocycles. The average Bonchev–Trinajstić information content (AvgIpc) is 2.27. The number of hydrogen-bond donors (Lipinski definition) is 1. The number of carboxylic acids is 1. The Morgan fingerprint density at radius 3 is 2.41 bits per heavy atom. The van der Waals surface area contributed by atoms with Crippen LogP contribution in [0.5, 0.6) is 0 Å². The molecule has 0 aliphatic carbocycles. The van der Waals surface area contributed by atoms with Gasteiger partial charge in [0.1, 0.15) is 0 Å². The third-order valence-electron chi connectivity index (χ3n) is 2.70. The van der Waals surface area contributed by atoms with Crippen molar-refractivity contribution in [3.05, 3.63) is 17.8 Å². The van der Waals surface area contributed by atoms with Crippen molar-refractivity contribution in [1.29, 1.82) is 0 Å². The summed E-state index contributed by atoms with van der Waals surface area (Å²) in [5.41, 5.74) is -0.0290. The maximum absolute atomic E-state index is 10.6. The summed E-state index contributed by atoms with van der Waals surface area (Å²) in [5, 5.41) is 16.3. The molecule has 0 aliphatic rings. The Labute approximate surface area is 101 Å². The Bertz CT molecular complexity index is 376. The summed E-state index contributed by atoms with van der Waals surface area (Å²) in [4.78, 5) is 12.7.